The fraction of sp³-hybridized carbons (Fsp3) is 0.600. The van der Waals surface area contributed by atoms with Gasteiger partial charge in [0, 0.05) is 39.3 Å². The molecule has 7 nitrogen and oxygen atoms in total. The van der Waals surface area contributed by atoms with Crippen LogP contribution in [0.15, 0.2) is 18.2 Å². The lowest BCUT2D eigenvalue weighted by Gasteiger charge is -2.41. The zero-order chi connectivity index (χ0) is 19.1. The third-order valence-electron chi connectivity index (χ3n) is 5.86. The largest absolute Gasteiger partial charge is 0.368 e. The van der Waals surface area contributed by atoms with Crippen LogP contribution in [0, 0.1) is 0 Å². The van der Waals surface area contributed by atoms with Gasteiger partial charge in [-0.05, 0) is 44.5 Å². The van der Waals surface area contributed by atoms with E-state index in [-0.39, 0.29) is 30.0 Å². The number of amides is 2. The molecule has 0 spiro atoms. The van der Waals surface area contributed by atoms with Crippen molar-refractivity contribution in [1.29, 1.82) is 0 Å². The Morgan fingerprint density at radius 3 is 2.70 bits per heavy atom. The molecule has 0 radical (unpaired) electrons. The van der Waals surface area contributed by atoms with Crippen molar-refractivity contribution >= 4 is 23.2 Å². The molecule has 146 valence electrons. The van der Waals surface area contributed by atoms with Crippen molar-refractivity contribution in [2.24, 2.45) is 0 Å². The predicted octanol–water partition coefficient (Wildman–Crippen LogP) is 1.49. The molecular formula is C20H28N4O3. The van der Waals surface area contributed by atoms with E-state index in [2.05, 4.69) is 29.4 Å². The molecule has 2 unspecified atom stereocenters. The van der Waals surface area contributed by atoms with E-state index in [1.54, 1.807) is 11.8 Å². The van der Waals surface area contributed by atoms with Crippen LogP contribution in [-0.2, 0) is 14.3 Å². The molecule has 1 aromatic rings. The second-order valence-electron chi connectivity index (χ2n) is 7.82. The summed E-state index contributed by atoms with van der Waals surface area (Å²) in [5, 5.41) is 3.37. The van der Waals surface area contributed by atoms with Crippen molar-refractivity contribution in [3.8, 4) is 0 Å². The van der Waals surface area contributed by atoms with Crippen LogP contribution in [0.1, 0.15) is 38.3 Å². The van der Waals surface area contributed by atoms with E-state index in [9.17, 15) is 9.59 Å². The molecule has 3 heterocycles. The Kier molecular flexibility index (Phi) is 4.92. The highest BCUT2D eigenvalue weighted by molar-refractivity contribution is 6.05. The number of likely N-dealkylation sites (N-methyl/N-ethyl adjacent to an activating group) is 1. The Hall–Kier alpha value is -1.96. The van der Waals surface area contributed by atoms with Gasteiger partial charge in [0.15, 0.2) is 0 Å². The summed E-state index contributed by atoms with van der Waals surface area (Å²) >= 11 is 0. The zero-order valence-corrected chi connectivity index (χ0v) is 16.3. The van der Waals surface area contributed by atoms with E-state index >= 15 is 0 Å². The normalized spacial score (nSPS) is 28.5. The molecular weight excluding hydrogens is 344 g/mol. The molecule has 0 aliphatic carbocycles. The number of benzene rings is 1. The van der Waals surface area contributed by atoms with E-state index in [4.69, 9.17) is 4.74 Å². The first kappa shape index (κ1) is 18.4. The van der Waals surface area contributed by atoms with Crippen LogP contribution in [0.25, 0.3) is 0 Å². The number of fused-ring (bicyclic) bond motifs is 1. The highest BCUT2D eigenvalue weighted by Crippen LogP contribution is 2.39. The minimum atomic E-state index is -0.367. The third kappa shape index (κ3) is 3.24. The number of ether oxygens (including phenoxy) is 1. The fourth-order valence-electron chi connectivity index (χ4n) is 4.50. The monoisotopic (exact) mass is 372 g/mol. The van der Waals surface area contributed by atoms with Crippen molar-refractivity contribution in [3.05, 3.63) is 23.8 Å². The molecule has 7 heteroatoms. The van der Waals surface area contributed by atoms with Crippen molar-refractivity contribution in [2.45, 2.75) is 44.9 Å². The highest BCUT2D eigenvalue weighted by atomic mass is 16.5. The van der Waals surface area contributed by atoms with Crippen molar-refractivity contribution < 1.29 is 14.3 Å². The van der Waals surface area contributed by atoms with Crippen LogP contribution >= 0.6 is 0 Å². The van der Waals surface area contributed by atoms with Crippen LogP contribution in [0.4, 0.5) is 11.4 Å². The summed E-state index contributed by atoms with van der Waals surface area (Å²) in [6.07, 6.45) is 1.32. The Bertz CT molecular complexity index is 747. The van der Waals surface area contributed by atoms with Gasteiger partial charge < -0.3 is 19.9 Å². The Labute approximate surface area is 160 Å². The Morgan fingerprint density at radius 1 is 1.26 bits per heavy atom. The maximum absolute atomic E-state index is 13.2. The lowest BCUT2D eigenvalue weighted by Crippen LogP contribution is -2.53. The van der Waals surface area contributed by atoms with Crippen LogP contribution in [0.5, 0.6) is 0 Å². The van der Waals surface area contributed by atoms with E-state index in [0.29, 0.717) is 13.2 Å². The molecule has 0 saturated carbocycles. The van der Waals surface area contributed by atoms with Gasteiger partial charge in [0.2, 0.25) is 5.91 Å². The van der Waals surface area contributed by atoms with Crippen molar-refractivity contribution in [2.75, 3.05) is 43.2 Å². The lowest BCUT2D eigenvalue weighted by molar-refractivity contribution is -0.127. The summed E-state index contributed by atoms with van der Waals surface area (Å²) in [6, 6.07) is 6.35. The zero-order valence-electron chi connectivity index (χ0n) is 16.3. The topological polar surface area (TPSA) is 65.1 Å². The average molecular weight is 372 g/mol. The average Bonchev–Trinajstić information content (AvgIpc) is 3.31. The SMILES string of the molecule is CC(=O)N1c2ccc(C3CNCN3C)cc2N(C(=O)C2CCCO2)C[C@@H]1C. The second kappa shape index (κ2) is 7.22. The molecule has 0 aromatic heterocycles. The molecule has 3 atom stereocenters. The second-order valence-corrected chi connectivity index (χ2v) is 7.82. The molecule has 2 saturated heterocycles. The molecule has 3 aliphatic rings. The number of carbonyl (C=O) groups is 2. The van der Waals surface area contributed by atoms with Gasteiger partial charge in [-0.15, -0.1) is 0 Å². The van der Waals surface area contributed by atoms with Gasteiger partial charge in [0.1, 0.15) is 6.10 Å². The number of anilines is 2. The minimum Gasteiger partial charge on any atom is -0.368 e. The first-order chi connectivity index (χ1) is 13.0. The molecule has 1 N–H and O–H groups in total. The number of rotatable bonds is 2. The summed E-state index contributed by atoms with van der Waals surface area (Å²) in [5.74, 6) is 0.0132. The third-order valence-corrected chi connectivity index (χ3v) is 5.86. The van der Waals surface area contributed by atoms with Gasteiger partial charge in [0.25, 0.3) is 5.91 Å². The molecule has 2 amide bonds. The summed E-state index contributed by atoms with van der Waals surface area (Å²) in [6.45, 7) is 6.43. The standard InChI is InChI=1S/C20H28N4O3/c1-13-11-23(20(26)19-5-4-8-27-19)17-9-15(18-10-21-12-22(18)3)6-7-16(17)24(13)14(2)25/h6-7,9,13,18-19,21H,4-5,8,10-12H2,1-3H3/t13-,18?,19?/m0/s1. The van der Waals surface area contributed by atoms with Crippen molar-refractivity contribution in [1.82, 2.24) is 10.2 Å². The van der Waals surface area contributed by atoms with Crippen LogP contribution in [-0.4, -0.2) is 62.3 Å². The fourth-order valence-corrected chi connectivity index (χ4v) is 4.50. The Morgan fingerprint density at radius 2 is 2.07 bits per heavy atom. The molecule has 1 aromatic carbocycles. The smallest absolute Gasteiger partial charge is 0.256 e. The van der Waals surface area contributed by atoms with Gasteiger partial charge >= 0.3 is 0 Å². The quantitative estimate of drug-likeness (QED) is 0.852. The number of carbonyl (C=O) groups excluding carboxylic acids is 2. The van der Waals surface area contributed by atoms with Gasteiger partial charge in [-0.1, -0.05) is 6.07 Å². The highest BCUT2D eigenvalue weighted by Gasteiger charge is 2.38. The summed E-state index contributed by atoms with van der Waals surface area (Å²) in [7, 11) is 2.09. The number of nitrogens with zero attached hydrogens (tertiary/aromatic N) is 3. The van der Waals surface area contributed by atoms with E-state index in [1.807, 2.05) is 17.9 Å². The van der Waals surface area contributed by atoms with Gasteiger partial charge in [-0.2, -0.15) is 0 Å². The number of nitrogens with one attached hydrogen (secondary N) is 1. The van der Waals surface area contributed by atoms with Crippen molar-refractivity contribution in [3.63, 3.8) is 0 Å². The van der Waals surface area contributed by atoms with Gasteiger partial charge in [-0.3, -0.25) is 14.5 Å². The molecule has 4 rings (SSSR count). The molecule has 27 heavy (non-hydrogen) atoms. The summed E-state index contributed by atoms with van der Waals surface area (Å²) in [4.78, 5) is 31.3. The van der Waals surface area contributed by atoms with Crippen LogP contribution < -0.4 is 15.1 Å². The van der Waals surface area contributed by atoms with E-state index in [0.717, 1.165) is 43.0 Å². The first-order valence-electron chi connectivity index (χ1n) is 9.75. The maximum atomic E-state index is 13.2. The number of hydrogen-bond acceptors (Lipinski definition) is 5. The minimum absolute atomic E-state index is 0.000339. The maximum Gasteiger partial charge on any atom is 0.256 e. The molecule has 2 fully saturated rings. The van der Waals surface area contributed by atoms with Gasteiger partial charge in [0.05, 0.1) is 17.4 Å². The van der Waals surface area contributed by atoms with Crippen LogP contribution in [0.2, 0.25) is 0 Å². The Balaban J connectivity index is 1.75. The van der Waals surface area contributed by atoms with E-state index in [1.165, 1.54) is 0 Å². The van der Waals surface area contributed by atoms with E-state index < -0.39 is 0 Å². The van der Waals surface area contributed by atoms with Crippen LogP contribution in [0.3, 0.4) is 0 Å². The molecule has 0 bridgehead atoms. The lowest BCUT2D eigenvalue weighted by atomic mass is 10.00. The predicted molar refractivity (Wildman–Crippen MR) is 104 cm³/mol. The summed E-state index contributed by atoms with van der Waals surface area (Å²) < 4.78 is 5.65. The first-order valence-corrected chi connectivity index (χ1v) is 9.75. The van der Waals surface area contributed by atoms with Gasteiger partial charge in [-0.25, -0.2) is 0 Å². The molecule has 3 aliphatic heterocycles. The summed E-state index contributed by atoms with van der Waals surface area (Å²) in [5.41, 5.74) is 2.79. The number of hydrogen-bond donors (Lipinski definition) is 1.